The predicted molar refractivity (Wildman–Crippen MR) is 125 cm³/mol. The van der Waals surface area contributed by atoms with E-state index in [1.807, 2.05) is 13.1 Å². The van der Waals surface area contributed by atoms with Crippen LogP contribution in [0.5, 0.6) is 0 Å². The van der Waals surface area contributed by atoms with Gasteiger partial charge in [-0.1, -0.05) is 13.0 Å². The Labute approximate surface area is 183 Å². The van der Waals surface area contributed by atoms with Crippen LogP contribution >= 0.6 is 0 Å². The molecule has 0 radical (unpaired) electrons. The van der Waals surface area contributed by atoms with Gasteiger partial charge in [-0.2, -0.15) is 0 Å². The Bertz CT molecular complexity index is 1180. The molecule has 6 heteroatoms. The number of fused-ring (bicyclic) bond motifs is 2. The average molecular weight is 416 g/mol. The SMILES string of the molecule is CCc1nc(C)cn2cc(C3=Cc4ccc(N5CCN(C)CC5)cc4C(=O)CC3)nc12. The van der Waals surface area contributed by atoms with Crippen molar-refractivity contribution in [1.29, 1.82) is 0 Å². The van der Waals surface area contributed by atoms with Gasteiger partial charge in [0.05, 0.1) is 17.1 Å². The number of anilines is 1. The second-order valence-corrected chi connectivity index (χ2v) is 8.69. The number of likely N-dealkylation sites (N-methyl/N-ethyl adjacent to an activating group) is 1. The van der Waals surface area contributed by atoms with E-state index in [-0.39, 0.29) is 5.78 Å². The number of allylic oxidation sites excluding steroid dienone is 1. The summed E-state index contributed by atoms with van der Waals surface area (Å²) in [7, 11) is 2.16. The monoisotopic (exact) mass is 415 g/mol. The first kappa shape index (κ1) is 19.9. The van der Waals surface area contributed by atoms with Crippen molar-refractivity contribution in [3.63, 3.8) is 0 Å². The number of aryl methyl sites for hydroxylation is 2. The first-order valence-electron chi connectivity index (χ1n) is 11.2. The summed E-state index contributed by atoms with van der Waals surface area (Å²) in [5.74, 6) is 0.216. The van der Waals surface area contributed by atoms with E-state index < -0.39 is 0 Å². The number of rotatable bonds is 3. The number of nitrogens with zero attached hydrogens (tertiary/aromatic N) is 5. The van der Waals surface area contributed by atoms with E-state index >= 15 is 0 Å². The number of carbonyl (C=O) groups is 1. The van der Waals surface area contributed by atoms with E-state index in [0.717, 1.165) is 77.7 Å². The van der Waals surface area contributed by atoms with E-state index in [2.05, 4.69) is 63.6 Å². The Morgan fingerprint density at radius 2 is 1.84 bits per heavy atom. The van der Waals surface area contributed by atoms with Crippen LogP contribution in [0, 0.1) is 6.92 Å². The van der Waals surface area contributed by atoms with Crippen LogP contribution in [-0.4, -0.2) is 58.3 Å². The molecule has 1 aliphatic heterocycles. The Hall–Kier alpha value is -2.99. The summed E-state index contributed by atoms with van der Waals surface area (Å²) in [5.41, 5.74) is 7.94. The number of Topliss-reactive ketones (excluding diaryl/α,β-unsaturated/α-hetero) is 1. The molecule has 5 rings (SSSR count). The van der Waals surface area contributed by atoms with Gasteiger partial charge in [0.1, 0.15) is 0 Å². The maximum absolute atomic E-state index is 13.0. The molecule has 1 aliphatic carbocycles. The zero-order valence-electron chi connectivity index (χ0n) is 18.6. The lowest BCUT2D eigenvalue weighted by Gasteiger charge is -2.34. The topological polar surface area (TPSA) is 53.7 Å². The number of carbonyl (C=O) groups excluding carboxylic acids is 1. The molecule has 0 spiro atoms. The van der Waals surface area contributed by atoms with Crippen molar-refractivity contribution in [3.8, 4) is 0 Å². The van der Waals surface area contributed by atoms with Crippen molar-refractivity contribution < 1.29 is 4.79 Å². The summed E-state index contributed by atoms with van der Waals surface area (Å²) >= 11 is 0. The first-order valence-corrected chi connectivity index (χ1v) is 11.2. The van der Waals surface area contributed by atoms with Crippen LogP contribution in [0.3, 0.4) is 0 Å². The lowest BCUT2D eigenvalue weighted by Crippen LogP contribution is -2.44. The van der Waals surface area contributed by atoms with E-state index in [9.17, 15) is 4.79 Å². The van der Waals surface area contributed by atoms with Gasteiger partial charge >= 0.3 is 0 Å². The van der Waals surface area contributed by atoms with Crippen LogP contribution < -0.4 is 4.90 Å². The van der Waals surface area contributed by atoms with E-state index in [4.69, 9.17) is 4.98 Å². The second-order valence-electron chi connectivity index (χ2n) is 8.69. The Kier molecular flexibility index (Phi) is 5.10. The molecule has 0 unspecified atom stereocenters. The molecule has 0 N–H and O–H groups in total. The van der Waals surface area contributed by atoms with Crippen LogP contribution in [0.25, 0.3) is 17.3 Å². The molecule has 0 bridgehead atoms. The van der Waals surface area contributed by atoms with Gasteiger partial charge in [-0.3, -0.25) is 9.78 Å². The minimum absolute atomic E-state index is 0.216. The van der Waals surface area contributed by atoms with Gasteiger partial charge in [0, 0.05) is 56.2 Å². The maximum atomic E-state index is 13.0. The molecule has 2 aromatic heterocycles. The fourth-order valence-electron chi connectivity index (χ4n) is 4.61. The molecule has 0 atom stereocenters. The van der Waals surface area contributed by atoms with Gasteiger partial charge in [0.25, 0.3) is 0 Å². The van der Waals surface area contributed by atoms with Crippen LogP contribution in [0.2, 0.25) is 0 Å². The summed E-state index contributed by atoms with van der Waals surface area (Å²) in [6.07, 6.45) is 8.30. The fraction of sp³-hybridized carbons (Fsp3) is 0.400. The number of benzene rings is 1. The Morgan fingerprint density at radius 3 is 2.61 bits per heavy atom. The van der Waals surface area contributed by atoms with Crippen molar-refractivity contribution in [3.05, 3.63) is 58.8 Å². The van der Waals surface area contributed by atoms with Crippen LogP contribution in [0.15, 0.2) is 30.6 Å². The first-order chi connectivity index (χ1) is 15.0. The highest BCUT2D eigenvalue weighted by Crippen LogP contribution is 2.32. The van der Waals surface area contributed by atoms with Crippen LogP contribution in [0.4, 0.5) is 5.69 Å². The van der Waals surface area contributed by atoms with E-state index in [1.54, 1.807) is 0 Å². The van der Waals surface area contributed by atoms with E-state index in [1.165, 1.54) is 0 Å². The average Bonchev–Trinajstić information content (AvgIpc) is 3.12. The third-order valence-corrected chi connectivity index (χ3v) is 6.45. The highest BCUT2D eigenvalue weighted by molar-refractivity contribution is 6.04. The molecule has 31 heavy (non-hydrogen) atoms. The smallest absolute Gasteiger partial charge is 0.163 e. The van der Waals surface area contributed by atoms with Crippen LogP contribution in [-0.2, 0) is 6.42 Å². The minimum atomic E-state index is 0.216. The normalized spacial score (nSPS) is 17.6. The number of aromatic nitrogens is 3. The summed E-state index contributed by atoms with van der Waals surface area (Å²) in [4.78, 5) is 27.2. The largest absolute Gasteiger partial charge is 0.369 e. The fourth-order valence-corrected chi connectivity index (χ4v) is 4.61. The molecular formula is C25H29N5O. The molecule has 160 valence electrons. The van der Waals surface area contributed by atoms with Gasteiger partial charge in [0.15, 0.2) is 11.4 Å². The van der Waals surface area contributed by atoms with Crippen molar-refractivity contribution in [2.24, 2.45) is 0 Å². The molecule has 1 saturated heterocycles. The predicted octanol–water partition coefficient (Wildman–Crippen LogP) is 3.87. The molecule has 0 saturated carbocycles. The van der Waals surface area contributed by atoms with Crippen LogP contribution in [0.1, 0.15) is 52.8 Å². The number of imidazole rings is 1. The van der Waals surface area contributed by atoms with Gasteiger partial charge in [-0.15, -0.1) is 0 Å². The molecule has 1 aromatic carbocycles. The third kappa shape index (κ3) is 3.76. The summed E-state index contributed by atoms with van der Waals surface area (Å²) in [6.45, 7) is 8.22. The lowest BCUT2D eigenvalue weighted by atomic mass is 10.0. The summed E-state index contributed by atoms with van der Waals surface area (Å²) < 4.78 is 2.07. The highest BCUT2D eigenvalue weighted by Gasteiger charge is 2.21. The number of piperazine rings is 1. The number of ketones is 1. The molecule has 3 heterocycles. The summed E-state index contributed by atoms with van der Waals surface area (Å²) in [5, 5.41) is 0. The number of hydrogen-bond acceptors (Lipinski definition) is 5. The summed E-state index contributed by atoms with van der Waals surface area (Å²) in [6, 6.07) is 6.35. The third-order valence-electron chi connectivity index (χ3n) is 6.45. The Balaban J connectivity index is 1.51. The standard InChI is InChI=1S/C25H29N5O/c1-4-22-25-27-23(16-30(25)15-17(2)26-22)19-6-8-24(31)21-14-20(7-5-18(21)13-19)29-11-9-28(3)10-12-29/h5,7,13-16H,4,6,8-12H2,1-3H3. The van der Waals surface area contributed by atoms with Gasteiger partial charge in [0.2, 0.25) is 0 Å². The molecule has 1 fully saturated rings. The zero-order valence-corrected chi connectivity index (χ0v) is 18.6. The lowest BCUT2D eigenvalue weighted by molar-refractivity contribution is 0.0984. The molecule has 0 amide bonds. The van der Waals surface area contributed by atoms with Crippen molar-refractivity contribution in [2.45, 2.75) is 33.1 Å². The molecular weight excluding hydrogens is 386 g/mol. The quantitative estimate of drug-likeness (QED) is 0.650. The number of hydrogen-bond donors (Lipinski definition) is 0. The van der Waals surface area contributed by atoms with Gasteiger partial charge in [-0.25, -0.2) is 4.98 Å². The Morgan fingerprint density at radius 1 is 1.03 bits per heavy atom. The second kappa shape index (κ2) is 7.93. The van der Waals surface area contributed by atoms with Crippen molar-refractivity contribution in [1.82, 2.24) is 19.3 Å². The molecule has 3 aromatic rings. The zero-order chi connectivity index (χ0) is 21.5. The van der Waals surface area contributed by atoms with Gasteiger partial charge in [-0.05, 0) is 56.2 Å². The molecule has 6 nitrogen and oxygen atoms in total. The highest BCUT2D eigenvalue weighted by atomic mass is 16.1. The maximum Gasteiger partial charge on any atom is 0.163 e. The van der Waals surface area contributed by atoms with Crippen molar-refractivity contribution >= 4 is 28.8 Å². The molecule has 2 aliphatic rings. The van der Waals surface area contributed by atoms with Gasteiger partial charge < -0.3 is 14.2 Å². The van der Waals surface area contributed by atoms with E-state index in [0.29, 0.717) is 12.8 Å². The van der Waals surface area contributed by atoms with Crippen molar-refractivity contribution in [2.75, 3.05) is 38.1 Å². The minimum Gasteiger partial charge on any atom is -0.369 e.